The number of aryl methyl sites for hydroxylation is 1. The van der Waals surface area contributed by atoms with Crippen molar-refractivity contribution in [2.45, 2.75) is 46.1 Å². The zero-order valence-electron chi connectivity index (χ0n) is 10.8. The summed E-state index contributed by atoms with van der Waals surface area (Å²) in [6.45, 7) is 7.36. The Morgan fingerprint density at radius 3 is 2.56 bits per heavy atom. The lowest BCUT2D eigenvalue weighted by Gasteiger charge is -2.08. The molecule has 0 amide bonds. The summed E-state index contributed by atoms with van der Waals surface area (Å²) >= 11 is 1.87. The molecule has 0 atom stereocenters. The molecule has 0 aromatic carbocycles. The summed E-state index contributed by atoms with van der Waals surface area (Å²) < 4.78 is 2.14. The molecule has 0 saturated heterocycles. The number of nitrogens with two attached hydrogens (primary N) is 1. The standard InChI is InChI=1S/C12H23N3S/c1-5-15-11(13)10(7-6-8-16-4)14-12(15)9(2)3/h9H,5-8,13H2,1-4H3. The van der Waals surface area contributed by atoms with Gasteiger partial charge < -0.3 is 10.3 Å². The van der Waals surface area contributed by atoms with Gasteiger partial charge in [0.15, 0.2) is 0 Å². The fraction of sp³-hybridized carbons (Fsp3) is 0.750. The second-order valence-corrected chi connectivity index (χ2v) is 5.28. The van der Waals surface area contributed by atoms with Gasteiger partial charge in [-0.3, -0.25) is 0 Å². The summed E-state index contributed by atoms with van der Waals surface area (Å²) in [5.41, 5.74) is 7.21. The molecular weight excluding hydrogens is 218 g/mol. The fourth-order valence-corrected chi connectivity index (χ4v) is 2.31. The van der Waals surface area contributed by atoms with Crippen LogP contribution >= 0.6 is 11.8 Å². The first kappa shape index (κ1) is 13.4. The van der Waals surface area contributed by atoms with Crippen LogP contribution in [-0.4, -0.2) is 21.6 Å². The Morgan fingerprint density at radius 2 is 2.12 bits per heavy atom. The highest BCUT2D eigenvalue weighted by Crippen LogP contribution is 2.22. The maximum atomic E-state index is 6.13. The van der Waals surface area contributed by atoms with Crippen LogP contribution in [0.1, 0.15) is 44.6 Å². The number of nitrogens with zero attached hydrogens (tertiary/aromatic N) is 2. The number of hydrogen-bond donors (Lipinski definition) is 1. The van der Waals surface area contributed by atoms with E-state index in [1.807, 2.05) is 11.8 Å². The molecule has 0 spiro atoms. The second-order valence-electron chi connectivity index (χ2n) is 4.30. The molecule has 2 N–H and O–H groups in total. The van der Waals surface area contributed by atoms with E-state index in [1.165, 1.54) is 5.75 Å². The van der Waals surface area contributed by atoms with Crippen LogP contribution in [0, 0.1) is 0 Å². The molecule has 1 aromatic heterocycles. The number of imidazole rings is 1. The monoisotopic (exact) mass is 241 g/mol. The summed E-state index contributed by atoms with van der Waals surface area (Å²) in [6, 6.07) is 0. The van der Waals surface area contributed by atoms with E-state index in [1.54, 1.807) is 0 Å². The van der Waals surface area contributed by atoms with Gasteiger partial charge in [-0.25, -0.2) is 4.98 Å². The number of rotatable bonds is 6. The minimum Gasteiger partial charge on any atom is -0.384 e. The lowest BCUT2D eigenvalue weighted by atomic mass is 10.2. The maximum absolute atomic E-state index is 6.13. The molecule has 0 aliphatic rings. The van der Waals surface area contributed by atoms with E-state index in [0.29, 0.717) is 5.92 Å². The molecule has 1 aromatic rings. The number of aromatic nitrogens is 2. The van der Waals surface area contributed by atoms with Crippen LogP contribution in [0.15, 0.2) is 0 Å². The summed E-state index contributed by atoms with van der Waals surface area (Å²) in [4.78, 5) is 4.68. The van der Waals surface area contributed by atoms with Crippen molar-refractivity contribution in [1.82, 2.24) is 9.55 Å². The average molecular weight is 241 g/mol. The van der Waals surface area contributed by atoms with Gasteiger partial charge >= 0.3 is 0 Å². The van der Waals surface area contributed by atoms with Crippen molar-refractivity contribution in [2.75, 3.05) is 17.7 Å². The Kier molecular flexibility index (Phi) is 5.19. The molecule has 0 saturated carbocycles. The van der Waals surface area contributed by atoms with Crippen LogP contribution in [0.4, 0.5) is 5.82 Å². The van der Waals surface area contributed by atoms with Crippen LogP contribution in [0.3, 0.4) is 0 Å². The van der Waals surface area contributed by atoms with Crippen molar-refractivity contribution in [3.63, 3.8) is 0 Å². The van der Waals surface area contributed by atoms with E-state index in [9.17, 15) is 0 Å². The fourth-order valence-electron chi connectivity index (χ4n) is 1.88. The van der Waals surface area contributed by atoms with Gasteiger partial charge in [-0.2, -0.15) is 11.8 Å². The van der Waals surface area contributed by atoms with Gasteiger partial charge in [0.2, 0.25) is 0 Å². The van der Waals surface area contributed by atoms with Gasteiger partial charge in [-0.05, 0) is 31.8 Å². The molecule has 1 rings (SSSR count). The Labute approximate surface area is 103 Å². The summed E-state index contributed by atoms with van der Waals surface area (Å²) in [7, 11) is 0. The summed E-state index contributed by atoms with van der Waals surface area (Å²) in [5, 5.41) is 0. The van der Waals surface area contributed by atoms with Crippen LogP contribution < -0.4 is 5.73 Å². The predicted octanol–water partition coefficient (Wildman–Crippen LogP) is 2.90. The quantitative estimate of drug-likeness (QED) is 0.779. The van der Waals surface area contributed by atoms with Gasteiger partial charge in [0.25, 0.3) is 0 Å². The van der Waals surface area contributed by atoms with Crippen molar-refractivity contribution >= 4 is 17.6 Å². The Hall–Kier alpha value is -0.640. The molecule has 0 aliphatic heterocycles. The van der Waals surface area contributed by atoms with Crippen LogP contribution in [-0.2, 0) is 13.0 Å². The topological polar surface area (TPSA) is 43.8 Å². The molecule has 4 heteroatoms. The third-order valence-corrected chi connectivity index (χ3v) is 3.40. The molecule has 1 heterocycles. The minimum absolute atomic E-state index is 0.441. The van der Waals surface area contributed by atoms with E-state index < -0.39 is 0 Å². The molecule has 92 valence electrons. The molecule has 0 bridgehead atoms. The van der Waals surface area contributed by atoms with Gasteiger partial charge in [0, 0.05) is 12.5 Å². The van der Waals surface area contributed by atoms with Crippen molar-refractivity contribution in [1.29, 1.82) is 0 Å². The van der Waals surface area contributed by atoms with Crippen LogP contribution in [0.5, 0.6) is 0 Å². The van der Waals surface area contributed by atoms with Crippen molar-refractivity contribution in [3.8, 4) is 0 Å². The zero-order valence-corrected chi connectivity index (χ0v) is 11.6. The van der Waals surface area contributed by atoms with E-state index in [-0.39, 0.29) is 0 Å². The first-order valence-electron chi connectivity index (χ1n) is 5.95. The first-order chi connectivity index (χ1) is 7.61. The summed E-state index contributed by atoms with van der Waals surface area (Å²) in [5.74, 6) is 3.61. The van der Waals surface area contributed by atoms with Crippen LogP contribution in [0.25, 0.3) is 0 Å². The number of nitrogen functional groups attached to an aromatic ring is 1. The molecule has 0 unspecified atom stereocenters. The number of thioether (sulfide) groups is 1. The predicted molar refractivity (Wildman–Crippen MR) is 73.1 cm³/mol. The first-order valence-corrected chi connectivity index (χ1v) is 7.34. The highest BCUT2D eigenvalue weighted by Gasteiger charge is 2.15. The van der Waals surface area contributed by atoms with Gasteiger partial charge in [-0.1, -0.05) is 13.8 Å². The number of anilines is 1. The highest BCUT2D eigenvalue weighted by molar-refractivity contribution is 7.98. The lowest BCUT2D eigenvalue weighted by molar-refractivity contribution is 0.658. The maximum Gasteiger partial charge on any atom is 0.126 e. The summed E-state index contributed by atoms with van der Waals surface area (Å²) in [6.07, 6.45) is 4.29. The smallest absolute Gasteiger partial charge is 0.126 e. The average Bonchev–Trinajstić information content (AvgIpc) is 2.56. The highest BCUT2D eigenvalue weighted by atomic mass is 32.2. The zero-order chi connectivity index (χ0) is 12.1. The Morgan fingerprint density at radius 1 is 1.44 bits per heavy atom. The van der Waals surface area contributed by atoms with Crippen LogP contribution in [0.2, 0.25) is 0 Å². The molecular formula is C12H23N3S. The van der Waals surface area contributed by atoms with E-state index in [2.05, 4.69) is 36.6 Å². The molecule has 0 fully saturated rings. The normalized spacial score (nSPS) is 11.3. The van der Waals surface area contributed by atoms with Crippen molar-refractivity contribution in [3.05, 3.63) is 11.5 Å². The second kappa shape index (κ2) is 6.18. The Bertz CT molecular complexity index is 331. The van der Waals surface area contributed by atoms with Crippen molar-refractivity contribution in [2.24, 2.45) is 0 Å². The Balaban J connectivity index is 2.85. The van der Waals surface area contributed by atoms with Gasteiger partial charge in [-0.15, -0.1) is 0 Å². The lowest BCUT2D eigenvalue weighted by Crippen LogP contribution is -2.06. The van der Waals surface area contributed by atoms with Gasteiger partial charge in [0.1, 0.15) is 11.6 Å². The largest absolute Gasteiger partial charge is 0.384 e. The molecule has 3 nitrogen and oxygen atoms in total. The third-order valence-electron chi connectivity index (χ3n) is 2.71. The molecule has 16 heavy (non-hydrogen) atoms. The third kappa shape index (κ3) is 2.94. The van der Waals surface area contributed by atoms with Gasteiger partial charge in [0.05, 0.1) is 5.69 Å². The van der Waals surface area contributed by atoms with E-state index in [4.69, 9.17) is 5.73 Å². The molecule has 0 aliphatic carbocycles. The van der Waals surface area contributed by atoms with E-state index >= 15 is 0 Å². The number of hydrogen-bond acceptors (Lipinski definition) is 3. The van der Waals surface area contributed by atoms with Crippen molar-refractivity contribution < 1.29 is 0 Å². The minimum atomic E-state index is 0.441. The van der Waals surface area contributed by atoms with E-state index in [0.717, 1.165) is 36.7 Å². The molecule has 0 radical (unpaired) electrons. The SMILES string of the molecule is CCn1c(C(C)C)nc(CCCSC)c1N.